The van der Waals surface area contributed by atoms with Crippen molar-refractivity contribution in [2.24, 2.45) is 13.0 Å². The first-order chi connectivity index (χ1) is 28.0. The number of nitrogens with one attached hydrogen (secondary N) is 2. The molecule has 1 atom stereocenters. The summed E-state index contributed by atoms with van der Waals surface area (Å²) in [5.74, 6) is 0.0445. The summed E-state index contributed by atoms with van der Waals surface area (Å²) in [5, 5.41) is 4.91. The summed E-state index contributed by atoms with van der Waals surface area (Å²) in [6.45, 7) is 7.76. The predicted octanol–water partition coefficient (Wildman–Crippen LogP) is 1.81. The summed E-state index contributed by atoms with van der Waals surface area (Å²) in [6, 6.07) is 8.18. The number of nitrogens with zero attached hydrogens (tertiary/aromatic N) is 6. The number of ether oxygens (including phenoxy) is 2. The number of carbonyl (C=O) groups is 5. The molecule has 0 radical (unpaired) electrons. The molecule has 2 aromatic carbocycles. The van der Waals surface area contributed by atoms with Crippen LogP contribution < -0.4 is 30.6 Å². The van der Waals surface area contributed by atoms with E-state index >= 15 is 0 Å². The summed E-state index contributed by atoms with van der Waals surface area (Å²) in [6.07, 6.45) is 3.74. The normalized spacial score (nSPS) is 20.1. The molecule has 0 spiro atoms. The van der Waals surface area contributed by atoms with Crippen molar-refractivity contribution in [2.45, 2.75) is 44.8 Å². The lowest BCUT2D eigenvalue weighted by atomic mass is 9.91. The minimum Gasteiger partial charge on any atom is -0.496 e. The van der Waals surface area contributed by atoms with Gasteiger partial charge in [-0.2, -0.15) is 0 Å². The van der Waals surface area contributed by atoms with E-state index in [1.54, 1.807) is 49.9 Å². The van der Waals surface area contributed by atoms with Gasteiger partial charge in [0.25, 0.3) is 17.4 Å². The number of pyridine rings is 1. The number of rotatable bonds is 10. The molecular formula is C42H50N8O8. The Morgan fingerprint density at radius 3 is 2.22 bits per heavy atom. The molecule has 16 nitrogen and oxygen atoms in total. The zero-order valence-electron chi connectivity index (χ0n) is 33.5. The maximum atomic E-state index is 13.3. The Morgan fingerprint density at radius 2 is 1.55 bits per heavy atom. The van der Waals surface area contributed by atoms with Gasteiger partial charge in [-0.1, -0.05) is 0 Å². The molecule has 1 unspecified atom stereocenters. The van der Waals surface area contributed by atoms with Gasteiger partial charge in [0.2, 0.25) is 11.8 Å². The van der Waals surface area contributed by atoms with E-state index in [1.165, 1.54) is 0 Å². The van der Waals surface area contributed by atoms with Gasteiger partial charge < -0.3 is 29.2 Å². The topological polar surface area (TPSA) is 166 Å². The van der Waals surface area contributed by atoms with Gasteiger partial charge in [-0.15, -0.1) is 0 Å². The number of hydrogen-bond acceptors (Lipinski definition) is 11. The van der Waals surface area contributed by atoms with Crippen LogP contribution in [0, 0.1) is 5.92 Å². The van der Waals surface area contributed by atoms with Crippen LogP contribution in [0.3, 0.4) is 0 Å². The Labute approximate surface area is 336 Å². The molecule has 1 aromatic heterocycles. The molecule has 8 rings (SSSR count). The van der Waals surface area contributed by atoms with Gasteiger partial charge in [-0.25, -0.2) is 4.79 Å². The van der Waals surface area contributed by atoms with Crippen molar-refractivity contribution in [2.75, 3.05) is 78.5 Å². The van der Waals surface area contributed by atoms with E-state index in [4.69, 9.17) is 9.47 Å². The van der Waals surface area contributed by atoms with E-state index in [1.807, 2.05) is 24.4 Å². The van der Waals surface area contributed by atoms with Crippen LogP contribution in [-0.4, -0.2) is 133 Å². The molecule has 58 heavy (non-hydrogen) atoms. The average molecular weight is 795 g/mol. The number of hydrogen-bond donors (Lipinski definition) is 2. The number of imide groups is 2. The number of piperazine rings is 1. The van der Waals surface area contributed by atoms with E-state index in [0.29, 0.717) is 36.6 Å². The van der Waals surface area contributed by atoms with Crippen molar-refractivity contribution in [3.8, 4) is 22.6 Å². The second-order valence-corrected chi connectivity index (χ2v) is 15.9. The van der Waals surface area contributed by atoms with Gasteiger partial charge in [0.05, 0.1) is 37.5 Å². The third kappa shape index (κ3) is 7.19. The highest BCUT2D eigenvalue weighted by Crippen LogP contribution is 2.39. The molecule has 3 aromatic rings. The van der Waals surface area contributed by atoms with Gasteiger partial charge in [0.15, 0.2) is 0 Å². The van der Waals surface area contributed by atoms with Crippen LogP contribution in [0.15, 0.2) is 41.3 Å². The number of urea groups is 1. The lowest BCUT2D eigenvalue weighted by molar-refractivity contribution is -0.136. The number of piperidine rings is 1. The van der Waals surface area contributed by atoms with Gasteiger partial charge in [-0.3, -0.25) is 44.0 Å². The maximum absolute atomic E-state index is 13.3. The lowest BCUT2D eigenvalue weighted by Crippen LogP contribution is -2.54. The van der Waals surface area contributed by atoms with Crippen molar-refractivity contribution in [3.05, 3.63) is 74.7 Å². The molecule has 5 aliphatic heterocycles. The molecule has 3 fully saturated rings. The molecule has 0 aliphatic carbocycles. The third-order valence-corrected chi connectivity index (χ3v) is 12.4. The molecule has 3 saturated heterocycles. The Morgan fingerprint density at radius 1 is 0.845 bits per heavy atom. The zero-order chi connectivity index (χ0) is 40.8. The van der Waals surface area contributed by atoms with Crippen LogP contribution in [0.1, 0.15) is 56.7 Å². The fraction of sp³-hybridized carbons (Fsp3) is 0.476. The molecule has 0 saturated carbocycles. The van der Waals surface area contributed by atoms with Crippen LogP contribution in [0.5, 0.6) is 11.5 Å². The van der Waals surface area contributed by atoms with Gasteiger partial charge in [0, 0.05) is 95.9 Å². The Bertz CT molecular complexity index is 2220. The first kappa shape index (κ1) is 39.1. The molecule has 6 heterocycles. The van der Waals surface area contributed by atoms with Crippen LogP contribution in [0.2, 0.25) is 0 Å². The first-order valence-corrected chi connectivity index (χ1v) is 20.0. The van der Waals surface area contributed by atoms with Gasteiger partial charge >= 0.3 is 6.03 Å². The van der Waals surface area contributed by atoms with E-state index < -0.39 is 29.7 Å². The molecule has 306 valence electrons. The summed E-state index contributed by atoms with van der Waals surface area (Å²) >= 11 is 0. The largest absolute Gasteiger partial charge is 0.496 e. The molecule has 16 heteroatoms. The van der Waals surface area contributed by atoms with Crippen molar-refractivity contribution in [1.29, 1.82) is 0 Å². The van der Waals surface area contributed by atoms with Crippen molar-refractivity contribution >= 4 is 35.3 Å². The van der Waals surface area contributed by atoms with Crippen molar-refractivity contribution in [1.82, 2.24) is 34.8 Å². The molecule has 6 amide bonds. The number of carbonyl (C=O) groups excluding carboxylic acids is 5. The summed E-state index contributed by atoms with van der Waals surface area (Å²) in [5.41, 5.74) is 5.75. The third-order valence-electron chi connectivity index (χ3n) is 12.4. The number of aryl methyl sites for hydroxylation is 1. The number of anilines is 1. The highest BCUT2D eigenvalue weighted by Gasteiger charge is 2.45. The van der Waals surface area contributed by atoms with E-state index in [-0.39, 0.29) is 36.5 Å². The second-order valence-electron chi connectivity index (χ2n) is 15.9. The SMILES string of the molecule is CNC(=O)N1CCc2c(-c3cc(OC)c(CN4CC(CCN5CCN(c6ccc7c(c6)C(=O)N(C6CCC(=O)NC6=O)C7=O)CC5)C4)c(OC)c3)cn(C)c(=O)c2C1. The highest BCUT2D eigenvalue weighted by atomic mass is 16.5. The summed E-state index contributed by atoms with van der Waals surface area (Å²) < 4.78 is 13.5. The monoisotopic (exact) mass is 794 g/mol. The number of fused-ring (bicyclic) bond motifs is 2. The quantitative estimate of drug-likeness (QED) is 0.288. The van der Waals surface area contributed by atoms with Crippen molar-refractivity contribution < 1.29 is 33.4 Å². The Balaban J connectivity index is 0.845. The van der Waals surface area contributed by atoms with Crippen LogP contribution in [0.4, 0.5) is 10.5 Å². The fourth-order valence-corrected chi connectivity index (χ4v) is 9.14. The number of methoxy groups -OCH3 is 2. The minimum atomic E-state index is -0.978. The van der Waals surface area contributed by atoms with Crippen LogP contribution in [-0.2, 0) is 36.1 Å². The summed E-state index contributed by atoms with van der Waals surface area (Å²) in [7, 11) is 6.66. The van der Waals surface area contributed by atoms with Crippen LogP contribution >= 0.6 is 0 Å². The van der Waals surface area contributed by atoms with E-state index in [2.05, 4.69) is 25.3 Å². The van der Waals surface area contributed by atoms with Crippen molar-refractivity contribution in [3.63, 3.8) is 0 Å². The van der Waals surface area contributed by atoms with E-state index in [0.717, 1.165) is 96.6 Å². The smallest absolute Gasteiger partial charge is 0.317 e. The van der Waals surface area contributed by atoms with E-state index in [9.17, 15) is 28.8 Å². The van der Waals surface area contributed by atoms with Crippen LogP contribution in [0.25, 0.3) is 11.1 Å². The van der Waals surface area contributed by atoms with Gasteiger partial charge in [0.1, 0.15) is 17.5 Å². The second kappa shape index (κ2) is 15.9. The maximum Gasteiger partial charge on any atom is 0.317 e. The zero-order valence-corrected chi connectivity index (χ0v) is 33.5. The molecule has 5 aliphatic rings. The highest BCUT2D eigenvalue weighted by molar-refractivity contribution is 6.23. The number of benzene rings is 2. The predicted molar refractivity (Wildman–Crippen MR) is 214 cm³/mol. The number of likely N-dealkylation sites (tertiary alicyclic amines) is 1. The Kier molecular flexibility index (Phi) is 10.7. The number of amides is 6. The minimum absolute atomic E-state index is 0.0881. The Hall–Kier alpha value is -5.74. The average Bonchev–Trinajstić information content (AvgIpc) is 3.47. The summed E-state index contributed by atoms with van der Waals surface area (Å²) in [4.78, 5) is 85.8. The fourth-order valence-electron chi connectivity index (χ4n) is 9.14. The lowest BCUT2D eigenvalue weighted by Gasteiger charge is -2.42. The first-order valence-electron chi connectivity index (χ1n) is 20.0. The van der Waals surface area contributed by atoms with Gasteiger partial charge in [-0.05, 0) is 73.2 Å². The standard InChI is InChI=1S/C42H50N8O8/c1-43-42(56)49-12-10-28-31(22-45(2)39(53)32(28)24-49)26-17-35(57-3)33(36(18-26)58-4)23-47-20-25(21-47)9-11-46-13-15-48(16-14-46)27-5-6-29-30(19-27)41(55)50(40(29)54)34-7-8-37(51)44-38(34)52/h5-6,17-19,22,25,34H,7-16,20-21,23-24H2,1-4H3,(H,43,56)(H,44,51,52). The number of aromatic nitrogens is 1. The molecule has 0 bridgehead atoms. The molecular weight excluding hydrogens is 745 g/mol. The molecule has 2 N–H and O–H groups in total.